The van der Waals surface area contributed by atoms with Crippen LogP contribution in [0.15, 0.2) is 24.3 Å². The SMILES string of the molecule is CNCc1ccccc1OCCOCC1CCOC1. The van der Waals surface area contributed by atoms with Crippen LogP contribution in [0, 0.1) is 5.92 Å². The molecular formula is C15H23NO3. The van der Waals surface area contributed by atoms with Gasteiger partial charge in [-0.25, -0.2) is 0 Å². The van der Waals surface area contributed by atoms with Crippen molar-refractivity contribution in [3.63, 3.8) is 0 Å². The Kier molecular flexibility index (Phi) is 6.14. The van der Waals surface area contributed by atoms with Crippen LogP contribution in [0.1, 0.15) is 12.0 Å². The fourth-order valence-electron chi connectivity index (χ4n) is 2.16. The van der Waals surface area contributed by atoms with Crippen molar-refractivity contribution in [3.8, 4) is 5.75 Å². The van der Waals surface area contributed by atoms with Crippen molar-refractivity contribution >= 4 is 0 Å². The Hall–Kier alpha value is -1.10. The summed E-state index contributed by atoms with van der Waals surface area (Å²) in [6, 6.07) is 8.08. The summed E-state index contributed by atoms with van der Waals surface area (Å²) in [5.74, 6) is 1.50. The Morgan fingerprint density at radius 2 is 2.21 bits per heavy atom. The first-order chi connectivity index (χ1) is 9.40. The van der Waals surface area contributed by atoms with Crippen LogP contribution >= 0.6 is 0 Å². The quantitative estimate of drug-likeness (QED) is 0.728. The van der Waals surface area contributed by atoms with E-state index in [2.05, 4.69) is 11.4 Å². The maximum atomic E-state index is 5.76. The summed E-state index contributed by atoms with van der Waals surface area (Å²) in [5.41, 5.74) is 1.18. The lowest BCUT2D eigenvalue weighted by atomic mass is 10.1. The Balaban J connectivity index is 1.64. The standard InChI is InChI=1S/C15H23NO3/c1-16-10-14-4-2-3-5-15(14)19-9-8-18-12-13-6-7-17-11-13/h2-5,13,16H,6-12H2,1H3. The van der Waals surface area contributed by atoms with Gasteiger partial charge in [-0.05, 0) is 19.5 Å². The van der Waals surface area contributed by atoms with Gasteiger partial charge in [-0.2, -0.15) is 0 Å². The van der Waals surface area contributed by atoms with Crippen LogP contribution in [0.25, 0.3) is 0 Å². The normalized spacial score (nSPS) is 18.7. The summed E-state index contributed by atoms with van der Waals surface area (Å²) in [6.45, 7) is 4.53. The first-order valence-corrected chi connectivity index (χ1v) is 6.91. The molecular weight excluding hydrogens is 242 g/mol. The van der Waals surface area contributed by atoms with E-state index in [0.717, 1.165) is 38.5 Å². The maximum Gasteiger partial charge on any atom is 0.123 e. The number of benzene rings is 1. The van der Waals surface area contributed by atoms with Crippen molar-refractivity contribution in [3.05, 3.63) is 29.8 Å². The summed E-state index contributed by atoms with van der Waals surface area (Å²) in [6.07, 6.45) is 1.12. The molecule has 0 aliphatic carbocycles. The third kappa shape index (κ3) is 4.82. The van der Waals surface area contributed by atoms with E-state index in [1.165, 1.54) is 5.56 Å². The molecule has 4 nitrogen and oxygen atoms in total. The van der Waals surface area contributed by atoms with Gasteiger partial charge in [-0.15, -0.1) is 0 Å². The van der Waals surface area contributed by atoms with E-state index in [1.54, 1.807) is 0 Å². The molecule has 1 aliphatic heterocycles. The molecule has 0 aromatic heterocycles. The first-order valence-electron chi connectivity index (χ1n) is 6.91. The van der Waals surface area contributed by atoms with Gasteiger partial charge in [0.25, 0.3) is 0 Å². The minimum atomic E-state index is 0.566. The number of hydrogen-bond acceptors (Lipinski definition) is 4. The van der Waals surface area contributed by atoms with Crippen LogP contribution in [-0.4, -0.2) is 40.1 Å². The van der Waals surface area contributed by atoms with Gasteiger partial charge in [-0.3, -0.25) is 0 Å². The summed E-state index contributed by atoms with van der Waals surface area (Å²) in [7, 11) is 1.93. The zero-order valence-electron chi connectivity index (χ0n) is 11.6. The number of nitrogens with one attached hydrogen (secondary N) is 1. The molecule has 0 spiro atoms. The van der Waals surface area contributed by atoms with E-state index in [-0.39, 0.29) is 0 Å². The van der Waals surface area contributed by atoms with Crippen molar-refractivity contribution in [1.82, 2.24) is 5.32 Å². The largest absolute Gasteiger partial charge is 0.491 e. The summed E-state index contributed by atoms with van der Waals surface area (Å²) in [4.78, 5) is 0. The van der Waals surface area contributed by atoms with E-state index in [9.17, 15) is 0 Å². The van der Waals surface area contributed by atoms with E-state index in [0.29, 0.717) is 19.1 Å². The lowest BCUT2D eigenvalue weighted by Crippen LogP contribution is -2.14. The lowest BCUT2D eigenvalue weighted by molar-refractivity contribution is 0.0682. The lowest BCUT2D eigenvalue weighted by Gasteiger charge is -2.12. The van der Waals surface area contributed by atoms with Gasteiger partial charge in [0.1, 0.15) is 12.4 Å². The third-order valence-corrected chi connectivity index (χ3v) is 3.20. The van der Waals surface area contributed by atoms with Crippen LogP contribution in [0.3, 0.4) is 0 Å². The molecule has 0 amide bonds. The van der Waals surface area contributed by atoms with E-state index in [4.69, 9.17) is 14.2 Å². The first kappa shape index (κ1) is 14.3. The molecule has 1 fully saturated rings. The minimum absolute atomic E-state index is 0.566. The molecule has 1 atom stereocenters. The van der Waals surface area contributed by atoms with Crippen LogP contribution in [0.2, 0.25) is 0 Å². The zero-order chi connectivity index (χ0) is 13.3. The van der Waals surface area contributed by atoms with Gasteiger partial charge in [0.05, 0.1) is 19.8 Å². The van der Waals surface area contributed by atoms with Crippen LogP contribution in [0.4, 0.5) is 0 Å². The van der Waals surface area contributed by atoms with E-state index in [1.807, 2.05) is 25.2 Å². The molecule has 1 aromatic rings. The maximum absolute atomic E-state index is 5.76. The van der Waals surface area contributed by atoms with Gasteiger partial charge >= 0.3 is 0 Å². The minimum Gasteiger partial charge on any atom is -0.491 e. The van der Waals surface area contributed by atoms with E-state index < -0.39 is 0 Å². The highest BCUT2D eigenvalue weighted by atomic mass is 16.5. The molecule has 1 N–H and O–H groups in total. The van der Waals surface area contributed by atoms with Crippen molar-refractivity contribution in [1.29, 1.82) is 0 Å². The molecule has 1 saturated heterocycles. The summed E-state index contributed by atoms with van der Waals surface area (Å²) >= 11 is 0. The second-order valence-corrected chi connectivity index (χ2v) is 4.79. The fraction of sp³-hybridized carbons (Fsp3) is 0.600. The second-order valence-electron chi connectivity index (χ2n) is 4.79. The molecule has 1 heterocycles. The Bertz CT molecular complexity index is 364. The smallest absolute Gasteiger partial charge is 0.123 e. The number of hydrogen-bond donors (Lipinski definition) is 1. The van der Waals surface area contributed by atoms with Crippen LogP contribution in [0.5, 0.6) is 5.75 Å². The summed E-state index contributed by atoms with van der Waals surface area (Å²) in [5, 5.41) is 3.14. The molecule has 2 rings (SSSR count). The topological polar surface area (TPSA) is 39.7 Å². The van der Waals surface area contributed by atoms with Gasteiger partial charge in [-0.1, -0.05) is 18.2 Å². The number of ether oxygens (including phenoxy) is 3. The highest BCUT2D eigenvalue weighted by Gasteiger charge is 2.15. The molecule has 19 heavy (non-hydrogen) atoms. The number of rotatable bonds is 8. The van der Waals surface area contributed by atoms with Crippen LogP contribution < -0.4 is 10.1 Å². The monoisotopic (exact) mass is 265 g/mol. The van der Waals surface area contributed by atoms with Crippen molar-refractivity contribution in [2.45, 2.75) is 13.0 Å². The molecule has 1 unspecified atom stereocenters. The predicted molar refractivity (Wildman–Crippen MR) is 74.4 cm³/mol. The molecule has 1 aliphatic rings. The number of para-hydroxylation sites is 1. The van der Waals surface area contributed by atoms with Gasteiger partial charge in [0.2, 0.25) is 0 Å². The Labute approximate surface area is 115 Å². The highest BCUT2D eigenvalue weighted by molar-refractivity contribution is 5.33. The Morgan fingerprint density at radius 1 is 1.32 bits per heavy atom. The van der Waals surface area contributed by atoms with Crippen molar-refractivity contribution < 1.29 is 14.2 Å². The van der Waals surface area contributed by atoms with Crippen molar-refractivity contribution in [2.75, 3.05) is 40.1 Å². The van der Waals surface area contributed by atoms with Gasteiger partial charge < -0.3 is 19.5 Å². The average Bonchev–Trinajstić information content (AvgIpc) is 2.94. The predicted octanol–water partition coefficient (Wildman–Crippen LogP) is 1.84. The zero-order valence-corrected chi connectivity index (χ0v) is 11.6. The molecule has 0 radical (unpaired) electrons. The Morgan fingerprint density at radius 3 is 3.00 bits per heavy atom. The van der Waals surface area contributed by atoms with Gasteiger partial charge in [0, 0.05) is 24.6 Å². The third-order valence-electron chi connectivity index (χ3n) is 3.20. The second kappa shape index (κ2) is 8.15. The molecule has 106 valence electrons. The molecule has 0 bridgehead atoms. The van der Waals surface area contributed by atoms with Gasteiger partial charge in [0.15, 0.2) is 0 Å². The molecule has 0 saturated carbocycles. The van der Waals surface area contributed by atoms with E-state index >= 15 is 0 Å². The fourth-order valence-corrected chi connectivity index (χ4v) is 2.16. The average molecular weight is 265 g/mol. The molecule has 4 heteroatoms. The van der Waals surface area contributed by atoms with Crippen LogP contribution in [-0.2, 0) is 16.0 Å². The summed E-state index contributed by atoms with van der Waals surface area (Å²) < 4.78 is 16.7. The highest BCUT2D eigenvalue weighted by Crippen LogP contribution is 2.17. The van der Waals surface area contributed by atoms with Crippen molar-refractivity contribution in [2.24, 2.45) is 5.92 Å². The molecule has 1 aromatic carbocycles.